The molecule has 3 rings (SSSR count). The smallest absolute Gasteiger partial charge is 0.346 e. The number of amides is 1. The van der Waals surface area contributed by atoms with Crippen molar-refractivity contribution in [2.75, 3.05) is 37.6 Å². The van der Waals surface area contributed by atoms with E-state index in [1.54, 1.807) is 11.1 Å². The van der Waals surface area contributed by atoms with E-state index in [-0.39, 0.29) is 0 Å². The van der Waals surface area contributed by atoms with E-state index in [9.17, 15) is 26.4 Å². The van der Waals surface area contributed by atoms with Crippen molar-refractivity contribution in [1.82, 2.24) is 14.6 Å². The molecule has 7 nitrogen and oxygen atoms in total. The van der Waals surface area contributed by atoms with Gasteiger partial charge in [0.1, 0.15) is 0 Å². The molecular formula is C17H19F3N4O3S2. The molecule has 0 radical (unpaired) electrons. The highest BCUT2D eigenvalue weighted by Crippen LogP contribution is 2.30. The molecule has 2 heterocycles. The number of nitrogens with one attached hydrogen (secondary N) is 1. The third-order valence-electron chi connectivity index (χ3n) is 4.42. The second kappa shape index (κ2) is 8.67. The number of nitrogens with zero attached hydrogens (tertiary/aromatic N) is 3. The number of halogens is 3. The molecule has 1 aromatic carbocycles. The molecule has 1 N–H and O–H groups in total. The number of carbonyl (C=O) groups excluding carboxylic acids is 1. The van der Waals surface area contributed by atoms with Crippen LogP contribution in [0.3, 0.4) is 0 Å². The highest BCUT2D eigenvalue weighted by molar-refractivity contribution is 7.89. The van der Waals surface area contributed by atoms with Crippen LogP contribution in [0.5, 0.6) is 0 Å². The Kier molecular flexibility index (Phi) is 6.44. The lowest BCUT2D eigenvalue weighted by atomic mass is 10.2. The van der Waals surface area contributed by atoms with Gasteiger partial charge >= 0.3 is 6.18 Å². The van der Waals surface area contributed by atoms with E-state index in [4.69, 9.17) is 0 Å². The lowest BCUT2D eigenvalue weighted by Gasteiger charge is -2.22. The number of sulfonamides is 1. The molecule has 0 atom stereocenters. The molecule has 0 bridgehead atoms. The van der Waals surface area contributed by atoms with Crippen LogP contribution >= 0.6 is 11.3 Å². The normalized spacial score (nSPS) is 16.0. The van der Waals surface area contributed by atoms with Gasteiger partial charge in [0.15, 0.2) is 5.13 Å². The number of thiazole rings is 1. The highest BCUT2D eigenvalue weighted by Gasteiger charge is 2.32. The van der Waals surface area contributed by atoms with Crippen molar-refractivity contribution >= 4 is 32.4 Å². The van der Waals surface area contributed by atoms with Crippen LogP contribution in [0.15, 0.2) is 40.7 Å². The minimum absolute atomic E-state index is 0.406. The molecule has 1 aromatic heterocycles. The fourth-order valence-electron chi connectivity index (χ4n) is 2.92. The number of carbonyl (C=O) groups is 1. The van der Waals surface area contributed by atoms with Crippen molar-refractivity contribution in [2.24, 2.45) is 0 Å². The van der Waals surface area contributed by atoms with E-state index >= 15 is 0 Å². The first kappa shape index (κ1) is 21.5. The topological polar surface area (TPSA) is 82.6 Å². The first-order valence-corrected chi connectivity index (χ1v) is 11.1. The Morgan fingerprint density at radius 3 is 2.69 bits per heavy atom. The molecule has 0 saturated carbocycles. The summed E-state index contributed by atoms with van der Waals surface area (Å²) >= 11 is 1.50. The Morgan fingerprint density at radius 2 is 2.00 bits per heavy atom. The van der Waals surface area contributed by atoms with Gasteiger partial charge in [0, 0.05) is 37.8 Å². The summed E-state index contributed by atoms with van der Waals surface area (Å²) in [5.74, 6) is -0.429. The van der Waals surface area contributed by atoms with Gasteiger partial charge < -0.3 is 9.80 Å². The zero-order chi connectivity index (χ0) is 21.1. The Bertz CT molecular complexity index is 949. The minimum Gasteiger partial charge on any atom is -0.346 e. The second-order valence-electron chi connectivity index (χ2n) is 6.39. The van der Waals surface area contributed by atoms with Crippen LogP contribution in [-0.4, -0.2) is 56.9 Å². The molecule has 0 unspecified atom stereocenters. The number of rotatable bonds is 5. The molecule has 1 saturated heterocycles. The Balaban J connectivity index is 1.60. The zero-order valence-corrected chi connectivity index (χ0v) is 16.9. The lowest BCUT2D eigenvalue weighted by Crippen LogP contribution is -2.42. The van der Waals surface area contributed by atoms with Crippen LogP contribution in [0, 0.1) is 0 Å². The molecule has 1 aliphatic heterocycles. The van der Waals surface area contributed by atoms with Crippen LogP contribution < -0.4 is 9.62 Å². The van der Waals surface area contributed by atoms with E-state index in [0.717, 1.165) is 29.9 Å². The minimum atomic E-state index is -4.66. The molecule has 12 heteroatoms. The van der Waals surface area contributed by atoms with Crippen molar-refractivity contribution in [1.29, 1.82) is 0 Å². The van der Waals surface area contributed by atoms with Crippen LogP contribution in [0.1, 0.15) is 12.0 Å². The van der Waals surface area contributed by atoms with Crippen LogP contribution in [0.25, 0.3) is 0 Å². The van der Waals surface area contributed by atoms with Crippen LogP contribution in [-0.2, 0) is 21.0 Å². The van der Waals surface area contributed by atoms with Gasteiger partial charge in [0.25, 0.3) is 0 Å². The van der Waals surface area contributed by atoms with E-state index < -0.39 is 39.1 Å². The van der Waals surface area contributed by atoms with Gasteiger partial charge in [0.05, 0.1) is 17.0 Å². The quantitative estimate of drug-likeness (QED) is 0.758. The fourth-order valence-corrected chi connectivity index (χ4v) is 4.64. The maximum atomic E-state index is 12.8. The van der Waals surface area contributed by atoms with Crippen molar-refractivity contribution in [3.8, 4) is 0 Å². The molecule has 158 valence electrons. The van der Waals surface area contributed by atoms with Gasteiger partial charge in [-0.2, -0.15) is 13.2 Å². The summed E-state index contributed by atoms with van der Waals surface area (Å²) in [6.45, 7) is 1.65. The van der Waals surface area contributed by atoms with Crippen molar-refractivity contribution in [2.45, 2.75) is 17.5 Å². The van der Waals surface area contributed by atoms with Gasteiger partial charge in [-0.3, -0.25) is 4.79 Å². The molecule has 1 fully saturated rings. The Labute approximate surface area is 170 Å². The standard InChI is InChI=1S/C17H19F3N4O3S2/c18-17(19,20)13-3-1-4-14(11-13)29(26,27)22-12-15(25)23-6-2-7-24(9-8-23)16-21-5-10-28-16/h1,3-5,10-11,22H,2,6-9,12H2. The number of alkyl halides is 3. The molecule has 1 amide bonds. The Morgan fingerprint density at radius 1 is 1.21 bits per heavy atom. The predicted octanol–water partition coefficient (Wildman–Crippen LogP) is 2.18. The summed E-state index contributed by atoms with van der Waals surface area (Å²) in [5.41, 5.74) is -1.07. The summed E-state index contributed by atoms with van der Waals surface area (Å²) in [5, 5.41) is 2.73. The monoisotopic (exact) mass is 448 g/mol. The number of hydrogen-bond donors (Lipinski definition) is 1. The maximum Gasteiger partial charge on any atom is 0.416 e. The van der Waals surface area contributed by atoms with Crippen LogP contribution in [0.2, 0.25) is 0 Å². The maximum absolute atomic E-state index is 12.8. The summed E-state index contributed by atoms with van der Waals surface area (Å²) < 4.78 is 65.1. The van der Waals surface area contributed by atoms with Gasteiger partial charge in [-0.25, -0.2) is 18.1 Å². The third kappa shape index (κ3) is 5.46. The van der Waals surface area contributed by atoms with Gasteiger partial charge in [-0.15, -0.1) is 11.3 Å². The van der Waals surface area contributed by atoms with Crippen molar-refractivity contribution in [3.63, 3.8) is 0 Å². The molecule has 1 aliphatic rings. The largest absolute Gasteiger partial charge is 0.416 e. The summed E-state index contributed by atoms with van der Waals surface area (Å²) in [6.07, 6.45) is -2.25. The third-order valence-corrected chi connectivity index (χ3v) is 6.65. The Hall–Kier alpha value is -2.18. The molecule has 29 heavy (non-hydrogen) atoms. The summed E-state index contributed by atoms with van der Waals surface area (Å²) in [7, 11) is -4.25. The molecule has 2 aromatic rings. The molecule has 0 aliphatic carbocycles. The van der Waals surface area contributed by atoms with Crippen molar-refractivity contribution in [3.05, 3.63) is 41.4 Å². The number of anilines is 1. The predicted molar refractivity (Wildman–Crippen MR) is 102 cm³/mol. The highest BCUT2D eigenvalue weighted by atomic mass is 32.2. The number of hydrogen-bond acceptors (Lipinski definition) is 6. The lowest BCUT2D eigenvalue weighted by molar-refractivity contribution is -0.137. The average molecular weight is 448 g/mol. The number of aromatic nitrogens is 1. The first-order valence-electron chi connectivity index (χ1n) is 8.76. The van der Waals surface area contributed by atoms with Gasteiger partial charge in [-0.05, 0) is 24.6 Å². The van der Waals surface area contributed by atoms with E-state index in [0.29, 0.717) is 32.1 Å². The molecule has 0 spiro atoms. The average Bonchev–Trinajstić information content (AvgIpc) is 3.10. The van der Waals surface area contributed by atoms with E-state index in [2.05, 4.69) is 14.6 Å². The van der Waals surface area contributed by atoms with Gasteiger partial charge in [-0.1, -0.05) is 6.07 Å². The molecular weight excluding hydrogens is 429 g/mol. The van der Waals surface area contributed by atoms with Crippen molar-refractivity contribution < 1.29 is 26.4 Å². The SMILES string of the molecule is O=C(CNS(=O)(=O)c1cccc(C(F)(F)F)c1)N1CCCN(c2nccs2)CC1. The van der Waals surface area contributed by atoms with E-state index in [1.165, 1.54) is 11.3 Å². The van der Waals surface area contributed by atoms with E-state index in [1.807, 2.05) is 5.38 Å². The van der Waals surface area contributed by atoms with Crippen LogP contribution in [0.4, 0.5) is 18.3 Å². The first-order chi connectivity index (χ1) is 13.7. The second-order valence-corrected chi connectivity index (χ2v) is 9.03. The fraction of sp³-hybridized carbons (Fsp3) is 0.412. The number of benzene rings is 1. The zero-order valence-electron chi connectivity index (χ0n) is 15.2. The summed E-state index contributed by atoms with van der Waals surface area (Å²) in [6, 6.07) is 3.40. The van der Waals surface area contributed by atoms with Gasteiger partial charge in [0.2, 0.25) is 15.9 Å². The summed E-state index contributed by atoms with van der Waals surface area (Å²) in [4.78, 5) is 19.8.